The van der Waals surface area contributed by atoms with E-state index in [1.54, 1.807) is 0 Å². The Kier molecular flexibility index (Phi) is 4.98. The van der Waals surface area contributed by atoms with Crippen LogP contribution in [0.15, 0.2) is 28.7 Å². The van der Waals surface area contributed by atoms with Gasteiger partial charge in [0, 0.05) is 21.0 Å². The van der Waals surface area contributed by atoms with Crippen molar-refractivity contribution < 1.29 is 13.7 Å². The number of rotatable bonds is 4. The summed E-state index contributed by atoms with van der Waals surface area (Å²) in [5, 5.41) is 0. The Bertz CT molecular complexity index is 361. The van der Waals surface area contributed by atoms with Crippen molar-refractivity contribution in [1.29, 1.82) is 0 Å². The van der Waals surface area contributed by atoms with Gasteiger partial charge in [0.05, 0.1) is 7.11 Å². The van der Waals surface area contributed by atoms with Crippen molar-refractivity contribution in [3.05, 3.63) is 34.3 Å². The van der Waals surface area contributed by atoms with Crippen LogP contribution in [-0.2, 0) is 26.1 Å². The molecule has 0 saturated heterocycles. The zero-order valence-corrected chi connectivity index (χ0v) is 10.6. The molecule has 1 rings (SSSR count). The van der Waals surface area contributed by atoms with Gasteiger partial charge in [-0.1, -0.05) is 28.1 Å². The standard InChI is InChI=1S/C10H11BrO3S/c1-14-10(12)7-15(13)6-8-2-4-9(11)5-3-8/h2-5H,6-7H2,1H3. The Balaban J connectivity index is 2.51. The molecule has 0 aliphatic rings. The second-order valence-electron chi connectivity index (χ2n) is 2.93. The van der Waals surface area contributed by atoms with Crippen LogP contribution in [-0.4, -0.2) is 23.0 Å². The van der Waals surface area contributed by atoms with Gasteiger partial charge in [0.1, 0.15) is 5.75 Å². The number of benzene rings is 1. The van der Waals surface area contributed by atoms with Crippen LogP contribution in [0, 0.1) is 0 Å². The summed E-state index contributed by atoms with van der Waals surface area (Å²) >= 11 is 3.31. The summed E-state index contributed by atoms with van der Waals surface area (Å²) in [5.74, 6) is -0.111. The first-order valence-corrected chi connectivity index (χ1v) is 6.56. The predicted molar refractivity (Wildman–Crippen MR) is 62.9 cm³/mol. The zero-order chi connectivity index (χ0) is 11.3. The topological polar surface area (TPSA) is 43.4 Å². The van der Waals surface area contributed by atoms with Crippen LogP contribution in [0.1, 0.15) is 5.56 Å². The molecule has 1 atom stereocenters. The van der Waals surface area contributed by atoms with E-state index >= 15 is 0 Å². The third-order valence-electron chi connectivity index (χ3n) is 1.75. The molecule has 0 fully saturated rings. The smallest absolute Gasteiger partial charge is 0.318 e. The number of ether oxygens (including phenoxy) is 1. The summed E-state index contributed by atoms with van der Waals surface area (Å²) in [4.78, 5) is 10.8. The molecule has 0 bridgehead atoms. The van der Waals surface area contributed by atoms with Gasteiger partial charge in [0.2, 0.25) is 0 Å². The average molecular weight is 291 g/mol. The summed E-state index contributed by atoms with van der Waals surface area (Å²) in [6.45, 7) is 0. The van der Waals surface area contributed by atoms with Gasteiger partial charge in [-0.05, 0) is 17.7 Å². The maximum Gasteiger partial charge on any atom is 0.318 e. The molecule has 0 heterocycles. The Hall–Kier alpha value is -0.680. The molecular formula is C10H11BrO3S. The highest BCUT2D eigenvalue weighted by molar-refractivity contribution is 9.10. The highest BCUT2D eigenvalue weighted by Crippen LogP contribution is 2.11. The lowest BCUT2D eigenvalue weighted by Crippen LogP contribution is -2.13. The summed E-state index contributed by atoms with van der Waals surface area (Å²) < 4.78 is 16.9. The number of halogens is 1. The van der Waals surface area contributed by atoms with Crippen molar-refractivity contribution in [2.45, 2.75) is 5.75 Å². The molecule has 15 heavy (non-hydrogen) atoms. The first-order valence-electron chi connectivity index (χ1n) is 4.28. The number of methoxy groups -OCH3 is 1. The highest BCUT2D eigenvalue weighted by atomic mass is 79.9. The normalized spacial score (nSPS) is 12.1. The number of carbonyl (C=O) groups excluding carboxylic acids is 1. The molecule has 0 radical (unpaired) electrons. The first-order chi connectivity index (χ1) is 7.11. The van der Waals surface area contributed by atoms with Crippen molar-refractivity contribution in [1.82, 2.24) is 0 Å². The van der Waals surface area contributed by atoms with Gasteiger partial charge in [-0.2, -0.15) is 0 Å². The molecule has 1 aromatic carbocycles. The van der Waals surface area contributed by atoms with Crippen LogP contribution in [0.3, 0.4) is 0 Å². The van der Waals surface area contributed by atoms with E-state index in [2.05, 4.69) is 20.7 Å². The minimum Gasteiger partial charge on any atom is -0.468 e. The van der Waals surface area contributed by atoms with Crippen LogP contribution >= 0.6 is 15.9 Å². The van der Waals surface area contributed by atoms with Crippen molar-refractivity contribution in [2.24, 2.45) is 0 Å². The van der Waals surface area contributed by atoms with Gasteiger partial charge < -0.3 is 4.74 Å². The number of hydrogen-bond acceptors (Lipinski definition) is 3. The van der Waals surface area contributed by atoms with Crippen LogP contribution in [0.4, 0.5) is 0 Å². The molecule has 0 saturated carbocycles. The van der Waals surface area contributed by atoms with Gasteiger partial charge in [-0.3, -0.25) is 9.00 Å². The van der Waals surface area contributed by atoms with E-state index in [4.69, 9.17) is 0 Å². The van der Waals surface area contributed by atoms with E-state index < -0.39 is 16.8 Å². The Morgan fingerprint density at radius 1 is 1.40 bits per heavy atom. The maximum absolute atomic E-state index is 11.5. The fourth-order valence-electron chi connectivity index (χ4n) is 1.01. The average Bonchev–Trinajstić information content (AvgIpc) is 2.21. The first kappa shape index (κ1) is 12.4. The quantitative estimate of drug-likeness (QED) is 0.795. The molecule has 0 aliphatic heterocycles. The molecule has 82 valence electrons. The Morgan fingerprint density at radius 2 is 2.00 bits per heavy atom. The van der Waals surface area contributed by atoms with Crippen molar-refractivity contribution in [2.75, 3.05) is 12.9 Å². The molecule has 0 spiro atoms. The van der Waals surface area contributed by atoms with E-state index in [1.165, 1.54) is 7.11 Å². The minimum absolute atomic E-state index is 0.0490. The van der Waals surface area contributed by atoms with Crippen LogP contribution < -0.4 is 0 Å². The lowest BCUT2D eigenvalue weighted by Gasteiger charge is -2.01. The molecule has 1 unspecified atom stereocenters. The molecule has 1 aromatic rings. The number of hydrogen-bond donors (Lipinski definition) is 0. The van der Waals surface area contributed by atoms with Crippen LogP contribution in [0.2, 0.25) is 0 Å². The SMILES string of the molecule is COC(=O)CS(=O)Cc1ccc(Br)cc1. The van der Waals surface area contributed by atoms with E-state index in [-0.39, 0.29) is 5.75 Å². The molecular weight excluding hydrogens is 280 g/mol. The largest absolute Gasteiger partial charge is 0.468 e. The predicted octanol–water partition coefficient (Wildman–Crippen LogP) is 1.87. The van der Waals surface area contributed by atoms with Crippen LogP contribution in [0.25, 0.3) is 0 Å². The van der Waals surface area contributed by atoms with E-state index in [0.29, 0.717) is 5.75 Å². The Labute approximate surface area is 99.4 Å². The van der Waals surface area contributed by atoms with Crippen LogP contribution in [0.5, 0.6) is 0 Å². The number of carbonyl (C=O) groups is 1. The van der Waals surface area contributed by atoms with Gasteiger partial charge in [0.25, 0.3) is 0 Å². The molecule has 3 nitrogen and oxygen atoms in total. The van der Waals surface area contributed by atoms with Gasteiger partial charge in [-0.25, -0.2) is 0 Å². The summed E-state index contributed by atoms with van der Waals surface area (Å²) in [5.41, 5.74) is 0.945. The van der Waals surface area contributed by atoms with E-state index in [0.717, 1.165) is 10.0 Å². The summed E-state index contributed by atoms with van der Waals surface area (Å²) in [7, 11) is 0.0934. The molecule has 0 amide bonds. The van der Waals surface area contributed by atoms with E-state index in [1.807, 2.05) is 24.3 Å². The fraction of sp³-hybridized carbons (Fsp3) is 0.300. The fourth-order valence-corrected chi connectivity index (χ4v) is 2.32. The monoisotopic (exact) mass is 290 g/mol. The zero-order valence-electron chi connectivity index (χ0n) is 8.23. The van der Waals surface area contributed by atoms with Crippen molar-refractivity contribution >= 4 is 32.7 Å². The van der Waals surface area contributed by atoms with Crippen molar-refractivity contribution in [3.63, 3.8) is 0 Å². The molecule has 5 heteroatoms. The Morgan fingerprint density at radius 3 is 2.53 bits per heavy atom. The lowest BCUT2D eigenvalue weighted by molar-refractivity contribution is -0.137. The van der Waals surface area contributed by atoms with E-state index in [9.17, 15) is 9.00 Å². The summed E-state index contributed by atoms with van der Waals surface area (Å²) in [6.07, 6.45) is 0. The minimum atomic E-state index is -1.20. The molecule has 0 N–H and O–H groups in total. The second-order valence-corrected chi connectivity index (χ2v) is 5.30. The molecule has 0 aliphatic carbocycles. The molecule has 0 aromatic heterocycles. The summed E-state index contributed by atoms with van der Waals surface area (Å²) in [6, 6.07) is 7.51. The van der Waals surface area contributed by atoms with Gasteiger partial charge >= 0.3 is 5.97 Å². The number of esters is 1. The van der Waals surface area contributed by atoms with Crippen molar-refractivity contribution in [3.8, 4) is 0 Å². The van der Waals surface area contributed by atoms with Gasteiger partial charge in [0.15, 0.2) is 0 Å². The lowest BCUT2D eigenvalue weighted by atomic mass is 10.2. The third kappa shape index (κ3) is 4.57. The second kappa shape index (κ2) is 6.02. The highest BCUT2D eigenvalue weighted by Gasteiger charge is 2.08. The third-order valence-corrected chi connectivity index (χ3v) is 3.49. The van der Waals surface area contributed by atoms with Gasteiger partial charge in [-0.15, -0.1) is 0 Å². The maximum atomic E-state index is 11.5.